The molecule has 0 aliphatic carbocycles. The largest absolute Gasteiger partial charge is 0.481 e. The van der Waals surface area contributed by atoms with Crippen molar-refractivity contribution in [3.63, 3.8) is 0 Å². The maximum absolute atomic E-state index is 12.8. The number of anilines is 1. The van der Waals surface area contributed by atoms with Crippen LogP contribution in [0.3, 0.4) is 0 Å². The Morgan fingerprint density at radius 1 is 1.21 bits per heavy atom. The fourth-order valence-corrected chi connectivity index (χ4v) is 3.29. The highest BCUT2D eigenvalue weighted by Crippen LogP contribution is 2.19. The second kappa shape index (κ2) is 10.1. The Kier molecular flexibility index (Phi) is 7.25. The second-order valence-corrected chi connectivity index (χ2v) is 7.21. The van der Waals surface area contributed by atoms with Crippen LogP contribution in [0.5, 0.6) is 5.75 Å². The number of para-hydroxylation sites is 1. The van der Waals surface area contributed by atoms with E-state index in [1.807, 2.05) is 38.1 Å². The van der Waals surface area contributed by atoms with Gasteiger partial charge in [-0.05, 0) is 56.0 Å². The van der Waals surface area contributed by atoms with Gasteiger partial charge >= 0.3 is 0 Å². The summed E-state index contributed by atoms with van der Waals surface area (Å²) in [7, 11) is 0. The summed E-state index contributed by atoms with van der Waals surface area (Å²) in [6, 6.07) is 14.6. The highest BCUT2D eigenvalue weighted by Gasteiger charge is 2.22. The van der Waals surface area contributed by atoms with Gasteiger partial charge in [-0.25, -0.2) is 0 Å². The SMILES string of the molecule is CC[C@H](Oc1cccc(C)c1)C(=O)Nc1ccccc1C(=O)NC[C@H]1CCCO1. The van der Waals surface area contributed by atoms with Crippen molar-refractivity contribution in [2.75, 3.05) is 18.5 Å². The fourth-order valence-electron chi connectivity index (χ4n) is 3.29. The zero-order valence-corrected chi connectivity index (χ0v) is 16.9. The van der Waals surface area contributed by atoms with E-state index in [0.29, 0.717) is 30.0 Å². The van der Waals surface area contributed by atoms with Gasteiger partial charge in [0.2, 0.25) is 0 Å². The van der Waals surface area contributed by atoms with Crippen molar-refractivity contribution in [1.29, 1.82) is 0 Å². The van der Waals surface area contributed by atoms with E-state index in [1.165, 1.54) is 0 Å². The number of aryl methyl sites for hydroxylation is 1. The number of carbonyl (C=O) groups is 2. The van der Waals surface area contributed by atoms with Crippen LogP contribution in [0.25, 0.3) is 0 Å². The van der Waals surface area contributed by atoms with Crippen LogP contribution in [0, 0.1) is 6.92 Å². The van der Waals surface area contributed by atoms with Gasteiger partial charge in [0, 0.05) is 13.2 Å². The Bertz CT molecular complexity index is 846. The number of ether oxygens (including phenoxy) is 2. The smallest absolute Gasteiger partial charge is 0.265 e. The molecule has 2 atom stereocenters. The van der Waals surface area contributed by atoms with Crippen LogP contribution in [0.1, 0.15) is 42.1 Å². The van der Waals surface area contributed by atoms with Crippen molar-refractivity contribution < 1.29 is 19.1 Å². The van der Waals surface area contributed by atoms with Crippen molar-refractivity contribution >= 4 is 17.5 Å². The van der Waals surface area contributed by atoms with Crippen molar-refractivity contribution in [3.05, 3.63) is 59.7 Å². The average Bonchev–Trinajstić information content (AvgIpc) is 3.24. The van der Waals surface area contributed by atoms with E-state index >= 15 is 0 Å². The first-order valence-electron chi connectivity index (χ1n) is 10.1. The minimum atomic E-state index is -0.653. The van der Waals surface area contributed by atoms with Crippen molar-refractivity contribution in [2.24, 2.45) is 0 Å². The summed E-state index contributed by atoms with van der Waals surface area (Å²) in [5.41, 5.74) is 1.95. The molecule has 0 spiro atoms. The Hall–Kier alpha value is -2.86. The zero-order chi connectivity index (χ0) is 20.6. The lowest BCUT2D eigenvalue weighted by molar-refractivity contribution is -0.122. The highest BCUT2D eigenvalue weighted by molar-refractivity contribution is 6.04. The lowest BCUT2D eigenvalue weighted by atomic mass is 10.1. The molecule has 2 aromatic carbocycles. The third-order valence-corrected chi connectivity index (χ3v) is 4.87. The Morgan fingerprint density at radius 3 is 2.76 bits per heavy atom. The third-order valence-electron chi connectivity index (χ3n) is 4.87. The van der Waals surface area contributed by atoms with E-state index in [0.717, 1.165) is 25.0 Å². The van der Waals surface area contributed by atoms with Gasteiger partial charge in [-0.3, -0.25) is 9.59 Å². The molecule has 1 saturated heterocycles. The van der Waals surface area contributed by atoms with Crippen LogP contribution in [-0.2, 0) is 9.53 Å². The standard InChI is InChI=1S/C23H28N2O4/c1-3-21(29-17-9-6-8-16(2)14-17)23(27)25-20-12-5-4-11-19(20)22(26)24-15-18-10-7-13-28-18/h4-6,8-9,11-12,14,18,21H,3,7,10,13,15H2,1-2H3,(H,24,26)(H,25,27)/t18-,21+/m1/s1. The second-order valence-electron chi connectivity index (χ2n) is 7.21. The van der Waals surface area contributed by atoms with Crippen LogP contribution in [0.4, 0.5) is 5.69 Å². The molecule has 29 heavy (non-hydrogen) atoms. The number of hydrogen-bond donors (Lipinski definition) is 2. The summed E-state index contributed by atoms with van der Waals surface area (Å²) in [6.07, 6.45) is 1.89. The number of amides is 2. The normalized spacial score (nSPS) is 16.8. The quantitative estimate of drug-likeness (QED) is 0.713. The van der Waals surface area contributed by atoms with Crippen molar-refractivity contribution in [1.82, 2.24) is 5.32 Å². The summed E-state index contributed by atoms with van der Waals surface area (Å²) >= 11 is 0. The number of rotatable bonds is 8. The summed E-state index contributed by atoms with van der Waals surface area (Å²) in [4.78, 5) is 25.4. The molecule has 1 aliphatic rings. The molecule has 0 saturated carbocycles. The lowest BCUT2D eigenvalue weighted by Crippen LogP contribution is -2.35. The maximum atomic E-state index is 12.8. The van der Waals surface area contributed by atoms with Gasteiger partial charge in [-0.1, -0.05) is 31.2 Å². The van der Waals surface area contributed by atoms with E-state index in [4.69, 9.17) is 9.47 Å². The molecule has 1 heterocycles. The molecule has 2 amide bonds. The minimum Gasteiger partial charge on any atom is -0.481 e. The number of hydrogen-bond acceptors (Lipinski definition) is 4. The molecule has 3 rings (SSSR count). The zero-order valence-electron chi connectivity index (χ0n) is 16.9. The van der Waals surface area contributed by atoms with E-state index in [2.05, 4.69) is 10.6 Å². The first kappa shape index (κ1) is 20.9. The van der Waals surface area contributed by atoms with Crippen LogP contribution >= 0.6 is 0 Å². The molecule has 0 unspecified atom stereocenters. The van der Waals surface area contributed by atoms with Crippen LogP contribution in [0.2, 0.25) is 0 Å². The van der Waals surface area contributed by atoms with Gasteiger partial charge in [0.1, 0.15) is 5.75 Å². The summed E-state index contributed by atoms with van der Waals surface area (Å²) in [6.45, 7) is 5.07. The van der Waals surface area contributed by atoms with E-state index in [1.54, 1.807) is 24.3 Å². The Balaban J connectivity index is 1.65. The predicted octanol–water partition coefficient (Wildman–Crippen LogP) is 3.70. The molecule has 2 N–H and O–H groups in total. The van der Waals surface area contributed by atoms with Crippen molar-refractivity contribution in [2.45, 2.75) is 45.3 Å². The van der Waals surface area contributed by atoms with Gasteiger partial charge in [0.25, 0.3) is 11.8 Å². The van der Waals surface area contributed by atoms with Gasteiger partial charge in [0.15, 0.2) is 6.10 Å². The molecular formula is C23H28N2O4. The summed E-state index contributed by atoms with van der Waals surface area (Å²) < 4.78 is 11.4. The molecule has 1 aliphatic heterocycles. The van der Waals surface area contributed by atoms with Crippen LogP contribution < -0.4 is 15.4 Å². The molecule has 0 bridgehead atoms. The molecule has 2 aromatic rings. The molecule has 0 aromatic heterocycles. The molecule has 1 fully saturated rings. The lowest BCUT2D eigenvalue weighted by Gasteiger charge is -2.19. The topological polar surface area (TPSA) is 76.7 Å². The first-order chi connectivity index (χ1) is 14.1. The van der Waals surface area contributed by atoms with Crippen LogP contribution in [0.15, 0.2) is 48.5 Å². The molecular weight excluding hydrogens is 368 g/mol. The third kappa shape index (κ3) is 5.81. The van der Waals surface area contributed by atoms with E-state index in [9.17, 15) is 9.59 Å². The predicted molar refractivity (Wildman–Crippen MR) is 112 cm³/mol. The minimum absolute atomic E-state index is 0.0629. The fraction of sp³-hybridized carbons (Fsp3) is 0.391. The molecule has 0 radical (unpaired) electrons. The molecule has 6 nitrogen and oxygen atoms in total. The average molecular weight is 396 g/mol. The summed E-state index contributed by atoms with van der Waals surface area (Å²) in [5.74, 6) is 0.132. The highest BCUT2D eigenvalue weighted by atomic mass is 16.5. The number of carbonyl (C=O) groups excluding carboxylic acids is 2. The summed E-state index contributed by atoms with van der Waals surface area (Å²) in [5, 5.41) is 5.75. The monoisotopic (exact) mass is 396 g/mol. The Labute approximate surface area is 171 Å². The Morgan fingerprint density at radius 2 is 2.03 bits per heavy atom. The maximum Gasteiger partial charge on any atom is 0.265 e. The molecule has 6 heteroatoms. The van der Waals surface area contributed by atoms with E-state index < -0.39 is 6.10 Å². The van der Waals surface area contributed by atoms with Crippen molar-refractivity contribution in [3.8, 4) is 5.75 Å². The van der Waals surface area contributed by atoms with Gasteiger partial charge in [-0.15, -0.1) is 0 Å². The van der Waals surface area contributed by atoms with Gasteiger partial charge < -0.3 is 20.1 Å². The number of nitrogens with one attached hydrogen (secondary N) is 2. The van der Waals surface area contributed by atoms with Gasteiger partial charge in [-0.2, -0.15) is 0 Å². The van der Waals surface area contributed by atoms with Crippen LogP contribution in [-0.4, -0.2) is 37.2 Å². The number of benzene rings is 2. The molecule has 154 valence electrons. The van der Waals surface area contributed by atoms with Gasteiger partial charge in [0.05, 0.1) is 17.4 Å². The van der Waals surface area contributed by atoms with E-state index in [-0.39, 0.29) is 17.9 Å². The first-order valence-corrected chi connectivity index (χ1v) is 10.1.